The fourth-order valence-corrected chi connectivity index (χ4v) is 0.946. The normalized spacial score (nSPS) is 19.8. The van der Waals surface area contributed by atoms with Crippen molar-refractivity contribution in [2.45, 2.75) is 32.1 Å². The first-order chi connectivity index (χ1) is 3.39. The molecule has 1 aliphatic rings. The van der Waals surface area contributed by atoms with Gasteiger partial charge in [-0.3, -0.25) is 4.79 Å². The molecule has 0 unspecified atom stereocenters. The van der Waals surface area contributed by atoms with Gasteiger partial charge in [0.15, 0.2) is 0 Å². The minimum absolute atomic E-state index is 0. The predicted octanol–water partition coefficient (Wildman–Crippen LogP) is 0.871. The van der Waals surface area contributed by atoms with Gasteiger partial charge in [0, 0.05) is 12.8 Å². The summed E-state index contributed by atoms with van der Waals surface area (Å²) in [6.07, 6.45) is 5.24. The van der Waals surface area contributed by atoms with Crippen LogP contribution in [0.4, 0.5) is 0 Å². The Morgan fingerprint density at radius 3 is 1.75 bits per heavy atom. The molecule has 0 atom stereocenters. The molecule has 0 aromatic carbocycles. The van der Waals surface area contributed by atoms with Gasteiger partial charge in [0.05, 0.1) is 0 Å². The number of rotatable bonds is 0. The number of ketones is 1. The van der Waals surface area contributed by atoms with Crippen molar-refractivity contribution in [3.05, 3.63) is 0 Å². The molecule has 2 heteroatoms. The molecule has 0 aromatic rings. The number of Topliss-reactive ketones (excluding diaryl/α,β-unsaturated/α-hetero) is 1. The molecule has 0 N–H and O–H groups in total. The van der Waals surface area contributed by atoms with Crippen molar-refractivity contribution in [3.8, 4) is 0 Å². The molecule has 1 nitrogen and oxygen atoms in total. The van der Waals surface area contributed by atoms with Gasteiger partial charge in [-0.15, -0.1) is 0 Å². The van der Waals surface area contributed by atoms with Crippen LogP contribution in [0.1, 0.15) is 32.1 Å². The molecule has 0 saturated heterocycles. The predicted molar refractivity (Wildman–Crippen MR) is 35.2 cm³/mol. The molecule has 0 aromatic heterocycles. The van der Waals surface area contributed by atoms with Gasteiger partial charge in [-0.05, 0) is 12.8 Å². The third-order valence-corrected chi connectivity index (χ3v) is 1.41. The summed E-state index contributed by atoms with van der Waals surface area (Å²) in [6, 6.07) is 0. The Bertz CT molecular complexity index is 72.6. The van der Waals surface area contributed by atoms with E-state index in [1.54, 1.807) is 0 Å². The van der Waals surface area contributed by atoms with E-state index in [1.807, 2.05) is 0 Å². The first kappa shape index (κ1) is 8.67. The van der Waals surface area contributed by atoms with Crippen LogP contribution < -0.4 is 0 Å². The average Bonchev–Trinajstić information content (AvgIpc) is 1.69. The summed E-state index contributed by atoms with van der Waals surface area (Å²) in [5, 5.41) is 0. The molecular formula is C6H11NaO. The van der Waals surface area contributed by atoms with Gasteiger partial charge in [-0.1, -0.05) is 6.42 Å². The van der Waals surface area contributed by atoms with Crippen LogP contribution in [-0.2, 0) is 4.79 Å². The van der Waals surface area contributed by atoms with E-state index in [-0.39, 0.29) is 29.6 Å². The zero-order valence-corrected chi connectivity index (χ0v) is 4.44. The second-order valence-electron chi connectivity index (χ2n) is 2.10. The SMILES string of the molecule is O=C1CCCCC1.[NaH]. The van der Waals surface area contributed by atoms with Crippen LogP contribution in [-0.4, -0.2) is 35.3 Å². The van der Waals surface area contributed by atoms with Crippen molar-refractivity contribution in [2.75, 3.05) is 0 Å². The summed E-state index contributed by atoms with van der Waals surface area (Å²) in [4.78, 5) is 10.5. The van der Waals surface area contributed by atoms with Crippen molar-refractivity contribution in [3.63, 3.8) is 0 Å². The summed E-state index contributed by atoms with van der Waals surface area (Å²) in [7, 11) is 0. The molecule has 0 aliphatic heterocycles. The van der Waals surface area contributed by atoms with Gasteiger partial charge in [0.2, 0.25) is 0 Å². The van der Waals surface area contributed by atoms with Gasteiger partial charge >= 0.3 is 29.6 Å². The topological polar surface area (TPSA) is 17.1 Å². The molecule has 8 heavy (non-hydrogen) atoms. The number of hydrogen-bond acceptors (Lipinski definition) is 1. The monoisotopic (exact) mass is 122 g/mol. The first-order valence-corrected chi connectivity index (χ1v) is 2.91. The maximum atomic E-state index is 10.5. The average molecular weight is 122 g/mol. The second kappa shape index (κ2) is 4.54. The van der Waals surface area contributed by atoms with Crippen molar-refractivity contribution >= 4 is 35.3 Å². The van der Waals surface area contributed by atoms with Gasteiger partial charge in [0.1, 0.15) is 5.78 Å². The van der Waals surface area contributed by atoms with Crippen molar-refractivity contribution in [2.24, 2.45) is 0 Å². The van der Waals surface area contributed by atoms with Crippen LogP contribution in [0.25, 0.3) is 0 Å². The molecule has 1 rings (SSSR count). The van der Waals surface area contributed by atoms with Crippen molar-refractivity contribution in [1.29, 1.82) is 0 Å². The summed E-state index contributed by atoms with van der Waals surface area (Å²) in [6.45, 7) is 0. The van der Waals surface area contributed by atoms with Gasteiger partial charge < -0.3 is 0 Å². The summed E-state index contributed by atoms with van der Waals surface area (Å²) >= 11 is 0. The summed E-state index contributed by atoms with van der Waals surface area (Å²) in [5.74, 6) is 0.464. The van der Waals surface area contributed by atoms with Gasteiger partial charge in [-0.25, -0.2) is 0 Å². The molecule has 0 radical (unpaired) electrons. The zero-order chi connectivity index (χ0) is 5.11. The van der Waals surface area contributed by atoms with E-state index in [1.165, 1.54) is 6.42 Å². The Hall–Kier alpha value is 0.670. The standard InChI is InChI=1S/C6H10O.Na.H/c7-6-4-2-1-3-5-6;;/h1-5H2;;. The van der Waals surface area contributed by atoms with E-state index in [0.717, 1.165) is 25.7 Å². The van der Waals surface area contributed by atoms with Crippen LogP contribution in [0.15, 0.2) is 0 Å². The molecular weight excluding hydrogens is 111 g/mol. The summed E-state index contributed by atoms with van der Waals surface area (Å²) < 4.78 is 0. The molecule has 0 spiro atoms. The molecule has 1 fully saturated rings. The maximum absolute atomic E-state index is 10.5. The first-order valence-electron chi connectivity index (χ1n) is 2.91. The van der Waals surface area contributed by atoms with Crippen LogP contribution in [0.2, 0.25) is 0 Å². The molecule has 42 valence electrons. The fourth-order valence-electron chi connectivity index (χ4n) is 0.946. The van der Waals surface area contributed by atoms with E-state index >= 15 is 0 Å². The molecule has 0 amide bonds. The molecule has 1 aliphatic carbocycles. The van der Waals surface area contributed by atoms with E-state index in [4.69, 9.17) is 0 Å². The molecule has 0 heterocycles. The summed E-state index contributed by atoms with van der Waals surface area (Å²) in [5.41, 5.74) is 0. The third-order valence-electron chi connectivity index (χ3n) is 1.41. The van der Waals surface area contributed by atoms with E-state index < -0.39 is 0 Å². The minimum atomic E-state index is 0. The molecule has 1 saturated carbocycles. The Kier molecular flexibility index (Phi) is 4.92. The van der Waals surface area contributed by atoms with Crippen LogP contribution in [0.3, 0.4) is 0 Å². The van der Waals surface area contributed by atoms with Crippen molar-refractivity contribution in [1.82, 2.24) is 0 Å². The Balaban J connectivity index is 0.000000490. The number of carbonyl (C=O) groups is 1. The molecule has 0 bridgehead atoms. The van der Waals surface area contributed by atoms with Gasteiger partial charge in [-0.2, -0.15) is 0 Å². The van der Waals surface area contributed by atoms with E-state index in [2.05, 4.69) is 0 Å². The van der Waals surface area contributed by atoms with E-state index in [9.17, 15) is 4.79 Å². The van der Waals surface area contributed by atoms with Gasteiger partial charge in [0.25, 0.3) is 0 Å². The quantitative estimate of drug-likeness (QED) is 0.436. The Morgan fingerprint density at radius 1 is 1.00 bits per heavy atom. The Morgan fingerprint density at radius 2 is 1.50 bits per heavy atom. The van der Waals surface area contributed by atoms with Crippen LogP contribution in [0.5, 0.6) is 0 Å². The number of hydrogen-bond donors (Lipinski definition) is 0. The Labute approximate surface area is 72.1 Å². The zero-order valence-electron chi connectivity index (χ0n) is 4.44. The van der Waals surface area contributed by atoms with Crippen molar-refractivity contribution < 1.29 is 4.79 Å². The fraction of sp³-hybridized carbons (Fsp3) is 0.833. The van der Waals surface area contributed by atoms with Crippen LogP contribution >= 0.6 is 0 Å². The number of carbonyl (C=O) groups excluding carboxylic acids is 1. The van der Waals surface area contributed by atoms with Crippen LogP contribution in [0, 0.1) is 0 Å². The third kappa shape index (κ3) is 2.85. The second-order valence-corrected chi connectivity index (χ2v) is 2.10. The van der Waals surface area contributed by atoms with E-state index in [0.29, 0.717) is 5.78 Å².